The molecule has 0 saturated carbocycles. The summed E-state index contributed by atoms with van der Waals surface area (Å²) in [5.41, 5.74) is 1.26. The van der Waals surface area contributed by atoms with E-state index in [1.54, 1.807) is 7.11 Å². The zero-order chi connectivity index (χ0) is 10.7. The lowest BCUT2D eigenvalue weighted by Gasteiger charge is -2.09. The average Bonchev–Trinajstić information content (AvgIpc) is 2.67. The summed E-state index contributed by atoms with van der Waals surface area (Å²) in [6.45, 7) is 0.996. The van der Waals surface area contributed by atoms with Crippen molar-refractivity contribution in [3.8, 4) is 11.5 Å². The Labute approximate surface area is 90.4 Å². The van der Waals surface area contributed by atoms with Crippen LogP contribution in [0.5, 0.6) is 11.5 Å². The van der Waals surface area contributed by atoms with Gasteiger partial charge in [-0.1, -0.05) is 0 Å². The first-order valence-electron chi connectivity index (χ1n) is 5.31. The molecule has 1 atom stereocenters. The highest BCUT2D eigenvalue weighted by Crippen LogP contribution is 2.32. The second kappa shape index (κ2) is 4.53. The van der Waals surface area contributed by atoms with Gasteiger partial charge in [0.25, 0.3) is 0 Å². The molecular formula is C12H17NO2. The molecule has 1 unspecified atom stereocenters. The van der Waals surface area contributed by atoms with Crippen LogP contribution < -0.4 is 14.8 Å². The van der Waals surface area contributed by atoms with E-state index in [1.807, 2.05) is 19.2 Å². The van der Waals surface area contributed by atoms with Gasteiger partial charge in [0.1, 0.15) is 17.6 Å². The molecule has 0 spiro atoms. The van der Waals surface area contributed by atoms with Gasteiger partial charge in [-0.15, -0.1) is 0 Å². The Morgan fingerprint density at radius 3 is 3.13 bits per heavy atom. The predicted octanol–water partition coefficient (Wildman–Crippen LogP) is 1.61. The molecule has 0 amide bonds. The Balaban J connectivity index is 2.03. The zero-order valence-corrected chi connectivity index (χ0v) is 9.25. The van der Waals surface area contributed by atoms with Gasteiger partial charge < -0.3 is 14.8 Å². The maximum atomic E-state index is 5.81. The number of nitrogens with one attached hydrogen (secondary N) is 1. The van der Waals surface area contributed by atoms with Gasteiger partial charge in [-0.3, -0.25) is 0 Å². The number of methoxy groups -OCH3 is 1. The fraction of sp³-hybridized carbons (Fsp3) is 0.500. The summed E-state index contributed by atoms with van der Waals surface area (Å²) in [5, 5.41) is 3.14. The van der Waals surface area contributed by atoms with Gasteiger partial charge in [-0.2, -0.15) is 0 Å². The van der Waals surface area contributed by atoms with Gasteiger partial charge in [0, 0.05) is 12.0 Å². The van der Waals surface area contributed by atoms with Crippen LogP contribution in [0.4, 0.5) is 0 Å². The van der Waals surface area contributed by atoms with E-state index in [1.165, 1.54) is 5.56 Å². The van der Waals surface area contributed by atoms with E-state index in [0.717, 1.165) is 30.9 Å². The molecule has 1 heterocycles. The van der Waals surface area contributed by atoms with E-state index in [2.05, 4.69) is 11.4 Å². The summed E-state index contributed by atoms with van der Waals surface area (Å²) in [6, 6.07) is 6.00. The van der Waals surface area contributed by atoms with E-state index in [-0.39, 0.29) is 0 Å². The fourth-order valence-corrected chi connectivity index (χ4v) is 1.89. The third kappa shape index (κ3) is 2.23. The second-order valence-electron chi connectivity index (χ2n) is 3.81. The average molecular weight is 207 g/mol. The highest BCUT2D eigenvalue weighted by atomic mass is 16.5. The van der Waals surface area contributed by atoms with Crippen molar-refractivity contribution in [2.45, 2.75) is 18.9 Å². The Kier molecular flexibility index (Phi) is 3.11. The third-order valence-electron chi connectivity index (χ3n) is 2.73. The van der Waals surface area contributed by atoms with Crippen LogP contribution in [-0.2, 0) is 6.42 Å². The van der Waals surface area contributed by atoms with Crippen LogP contribution in [0, 0.1) is 0 Å². The first kappa shape index (κ1) is 10.3. The number of hydrogen-bond donors (Lipinski definition) is 1. The number of benzene rings is 1. The minimum absolute atomic E-state index is 0.319. The highest BCUT2D eigenvalue weighted by Gasteiger charge is 2.22. The van der Waals surface area contributed by atoms with Gasteiger partial charge >= 0.3 is 0 Å². The van der Waals surface area contributed by atoms with Crippen molar-refractivity contribution in [1.82, 2.24) is 5.32 Å². The van der Waals surface area contributed by atoms with Gasteiger partial charge in [0.15, 0.2) is 0 Å². The van der Waals surface area contributed by atoms with Gasteiger partial charge in [-0.25, -0.2) is 0 Å². The minimum atomic E-state index is 0.319. The van der Waals surface area contributed by atoms with E-state index < -0.39 is 0 Å². The van der Waals surface area contributed by atoms with Gasteiger partial charge in [0.2, 0.25) is 0 Å². The lowest BCUT2D eigenvalue weighted by atomic mass is 10.1. The monoisotopic (exact) mass is 207 g/mol. The molecule has 3 heteroatoms. The molecule has 0 fully saturated rings. The third-order valence-corrected chi connectivity index (χ3v) is 2.73. The van der Waals surface area contributed by atoms with Crippen LogP contribution in [-0.4, -0.2) is 26.8 Å². The molecule has 0 radical (unpaired) electrons. The number of hydrogen-bond acceptors (Lipinski definition) is 3. The second-order valence-corrected chi connectivity index (χ2v) is 3.81. The molecule has 2 rings (SSSR count). The first-order valence-corrected chi connectivity index (χ1v) is 5.31. The fourth-order valence-electron chi connectivity index (χ4n) is 1.89. The van der Waals surface area contributed by atoms with Crippen LogP contribution in [0.1, 0.15) is 12.0 Å². The molecule has 0 bridgehead atoms. The molecule has 3 nitrogen and oxygen atoms in total. The largest absolute Gasteiger partial charge is 0.497 e. The van der Waals surface area contributed by atoms with Crippen molar-refractivity contribution in [3.05, 3.63) is 23.8 Å². The Bertz CT molecular complexity index is 338. The lowest BCUT2D eigenvalue weighted by Crippen LogP contribution is -2.20. The van der Waals surface area contributed by atoms with Crippen LogP contribution in [0.3, 0.4) is 0 Å². The minimum Gasteiger partial charge on any atom is -0.497 e. The molecular weight excluding hydrogens is 190 g/mol. The number of ether oxygens (including phenoxy) is 2. The summed E-state index contributed by atoms with van der Waals surface area (Å²) < 4.78 is 11.0. The molecule has 15 heavy (non-hydrogen) atoms. The smallest absolute Gasteiger partial charge is 0.123 e. The van der Waals surface area contributed by atoms with Crippen LogP contribution in [0.15, 0.2) is 18.2 Å². The summed E-state index contributed by atoms with van der Waals surface area (Å²) in [6.07, 6.45) is 2.36. The maximum absolute atomic E-state index is 5.81. The summed E-state index contributed by atoms with van der Waals surface area (Å²) in [5.74, 6) is 1.92. The van der Waals surface area contributed by atoms with Crippen molar-refractivity contribution in [2.75, 3.05) is 20.7 Å². The SMILES string of the molecule is CNCCC1Cc2cc(OC)ccc2O1. The molecule has 1 aromatic rings. The number of fused-ring (bicyclic) bond motifs is 1. The molecule has 1 aliphatic heterocycles. The Morgan fingerprint density at radius 1 is 1.53 bits per heavy atom. The van der Waals surface area contributed by atoms with E-state index in [0.29, 0.717) is 6.10 Å². The molecule has 0 saturated heterocycles. The van der Waals surface area contributed by atoms with Crippen molar-refractivity contribution in [1.29, 1.82) is 0 Å². The number of rotatable bonds is 4. The molecule has 1 aliphatic rings. The quantitative estimate of drug-likeness (QED) is 0.813. The summed E-state index contributed by atoms with van der Waals surface area (Å²) >= 11 is 0. The van der Waals surface area contributed by atoms with Crippen LogP contribution in [0.2, 0.25) is 0 Å². The standard InChI is InChI=1S/C12H17NO2/c1-13-6-5-11-8-9-7-10(14-2)3-4-12(9)15-11/h3-4,7,11,13H,5-6,8H2,1-2H3. The maximum Gasteiger partial charge on any atom is 0.123 e. The lowest BCUT2D eigenvalue weighted by molar-refractivity contribution is 0.221. The van der Waals surface area contributed by atoms with E-state index in [4.69, 9.17) is 9.47 Å². The molecule has 0 aliphatic carbocycles. The predicted molar refractivity (Wildman–Crippen MR) is 59.7 cm³/mol. The summed E-state index contributed by atoms with van der Waals surface area (Å²) in [7, 11) is 3.65. The van der Waals surface area contributed by atoms with Crippen molar-refractivity contribution < 1.29 is 9.47 Å². The zero-order valence-electron chi connectivity index (χ0n) is 9.25. The van der Waals surface area contributed by atoms with Gasteiger partial charge in [-0.05, 0) is 38.2 Å². The molecule has 1 aromatic carbocycles. The molecule has 0 aromatic heterocycles. The van der Waals surface area contributed by atoms with E-state index >= 15 is 0 Å². The Morgan fingerprint density at radius 2 is 2.40 bits per heavy atom. The molecule has 1 N–H and O–H groups in total. The van der Waals surface area contributed by atoms with Gasteiger partial charge in [0.05, 0.1) is 7.11 Å². The highest BCUT2D eigenvalue weighted by molar-refractivity contribution is 5.43. The summed E-state index contributed by atoms with van der Waals surface area (Å²) in [4.78, 5) is 0. The van der Waals surface area contributed by atoms with Crippen molar-refractivity contribution in [3.63, 3.8) is 0 Å². The van der Waals surface area contributed by atoms with Crippen molar-refractivity contribution in [2.24, 2.45) is 0 Å². The van der Waals surface area contributed by atoms with Crippen LogP contribution in [0.25, 0.3) is 0 Å². The Hall–Kier alpha value is -1.22. The topological polar surface area (TPSA) is 30.5 Å². The first-order chi connectivity index (χ1) is 7.33. The normalized spacial score (nSPS) is 18.4. The van der Waals surface area contributed by atoms with Crippen LogP contribution >= 0.6 is 0 Å². The van der Waals surface area contributed by atoms with E-state index in [9.17, 15) is 0 Å². The molecule has 82 valence electrons. The van der Waals surface area contributed by atoms with Crippen molar-refractivity contribution >= 4 is 0 Å².